The average Bonchev–Trinajstić information content (AvgIpc) is 1.94. The van der Waals surface area contributed by atoms with Gasteiger partial charge < -0.3 is 0 Å². The first-order chi connectivity index (χ1) is 4.74. The first-order valence-electron chi connectivity index (χ1n) is 3.08. The van der Waals surface area contributed by atoms with Gasteiger partial charge in [0.2, 0.25) is 3.70 Å². The maximum atomic E-state index is 3.41. The molecule has 0 spiro atoms. The van der Waals surface area contributed by atoms with Crippen molar-refractivity contribution in [3.8, 4) is 0 Å². The minimum Gasteiger partial charge on any atom is -0.193 e. The van der Waals surface area contributed by atoms with E-state index in [9.17, 15) is 0 Å². The van der Waals surface area contributed by atoms with Crippen LogP contribution in [-0.4, -0.2) is 0 Å². The molecule has 0 N–H and O–H groups in total. The Hall–Kier alpha value is 0.360. The van der Waals surface area contributed by atoms with E-state index in [1.807, 2.05) is 6.07 Å². The molecule has 54 valence electrons. The minimum absolute atomic E-state index is 1.03. The highest BCUT2D eigenvalue weighted by atomic mass is 127. The molecule has 3 heteroatoms. The summed E-state index contributed by atoms with van der Waals surface area (Å²) in [4.78, 5) is 0. The lowest BCUT2D eigenvalue weighted by molar-refractivity contribution is -0.706. The number of hydrogen-bond acceptors (Lipinski definition) is 0. The van der Waals surface area contributed by atoms with E-state index < -0.39 is 0 Å². The summed E-state index contributed by atoms with van der Waals surface area (Å²) in [7, 11) is 0. The van der Waals surface area contributed by atoms with Crippen LogP contribution in [0.2, 0.25) is 0 Å². The lowest BCUT2D eigenvalue weighted by atomic mass is 10.5. The topological polar surface area (TPSA) is 3.88 Å². The van der Waals surface area contributed by atoms with E-state index in [4.69, 9.17) is 0 Å². The highest BCUT2D eigenvalue weighted by molar-refractivity contribution is 14.1. The van der Waals surface area contributed by atoms with E-state index in [-0.39, 0.29) is 0 Å². The number of aryl methyl sites for hydroxylation is 1. The van der Waals surface area contributed by atoms with Gasteiger partial charge in [0.1, 0.15) is 6.54 Å². The van der Waals surface area contributed by atoms with Gasteiger partial charge in [-0.2, -0.15) is 4.57 Å². The maximum absolute atomic E-state index is 3.41. The average molecular weight is 313 g/mol. The predicted octanol–water partition coefficient (Wildman–Crippen LogP) is 2.36. The van der Waals surface area contributed by atoms with Crippen LogP contribution in [0.4, 0.5) is 0 Å². The molecule has 0 aliphatic carbocycles. The molecule has 0 fully saturated rings. The molecular weight excluding hydrogens is 305 g/mol. The third-order valence-corrected chi connectivity index (χ3v) is 2.72. The Morgan fingerprint density at radius 3 is 2.80 bits per heavy atom. The van der Waals surface area contributed by atoms with E-state index in [0.717, 1.165) is 11.0 Å². The second-order valence-corrected chi connectivity index (χ2v) is 3.98. The molecule has 0 aliphatic heterocycles. The Balaban J connectivity index is 3.09. The quantitative estimate of drug-likeness (QED) is 0.426. The summed E-state index contributed by atoms with van der Waals surface area (Å²) in [5.74, 6) is 0. The number of nitrogens with zero attached hydrogens (tertiary/aromatic N) is 1. The first kappa shape index (κ1) is 8.46. The summed E-state index contributed by atoms with van der Waals surface area (Å²) < 4.78 is 4.59. The third-order valence-electron chi connectivity index (χ3n) is 1.27. The van der Waals surface area contributed by atoms with Crippen molar-refractivity contribution in [3.05, 3.63) is 26.5 Å². The molecule has 10 heavy (non-hydrogen) atoms. The first-order valence-corrected chi connectivity index (χ1v) is 4.95. The van der Waals surface area contributed by atoms with Crippen molar-refractivity contribution in [1.82, 2.24) is 0 Å². The van der Waals surface area contributed by atoms with E-state index >= 15 is 0 Å². The van der Waals surface area contributed by atoms with Crippen molar-refractivity contribution >= 4 is 38.5 Å². The number of aromatic nitrogens is 1. The van der Waals surface area contributed by atoms with E-state index in [2.05, 4.69) is 62.3 Å². The maximum Gasteiger partial charge on any atom is 0.241 e. The van der Waals surface area contributed by atoms with E-state index in [1.165, 1.54) is 3.70 Å². The van der Waals surface area contributed by atoms with E-state index in [0.29, 0.717) is 0 Å². The van der Waals surface area contributed by atoms with Crippen molar-refractivity contribution in [2.24, 2.45) is 0 Å². The summed E-state index contributed by atoms with van der Waals surface area (Å²) >= 11 is 5.73. The summed E-state index contributed by atoms with van der Waals surface area (Å²) in [5, 5.41) is 0. The highest BCUT2D eigenvalue weighted by Crippen LogP contribution is 2.07. The van der Waals surface area contributed by atoms with Crippen LogP contribution in [0.25, 0.3) is 0 Å². The van der Waals surface area contributed by atoms with Crippen molar-refractivity contribution < 1.29 is 4.57 Å². The molecule has 1 aromatic rings. The standard InChI is InChI=1S/C7H8BrIN/c1-2-10-5-6(8)3-4-7(10)9/h3-5H,2H2,1H3/q+1. The van der Waals surface area contributed by atoms with Gasteiger partial charge in [0, 0.05) is 28.7 Å². The largest absolute Gasteiger partial charge is 0.241 e. The van der Waals surface area contributed by atoms with Crippen LogP contribution in [0.15, 0.2) is 22.8 Å². The summed E-state index contributed by atoms with van der Waals surface area (Å²) in [6.07, 6.45) is 2.09. The normalized spacial score (nSPS) is 9.90. The van der Waals surface area contributed by atoms with Crippen molar-refractivity contribution in [2.45, 2.75) is 13.5 Å². The van der Waals surface area contributed by atoms with Gasteiger partial charge in [-0.1, -0.05) is 0 Å². The predicted molar refractivity (Wildman–Crippen MR) is 52.7 cm³/mol. The molecule has 0 saturated carbocycles. The van der Waals surface area contributed by atoms with Crippen LogP contribution in [-0.2, 0) is 6.54 Å². The molecule has 1 aromatic heterocycles. The number of hydrogen-bond donors (Lipinski definition) is 0. The molecule has 1 heterocycles. The monoisotopic (exact) mass is 312 g/mol. The van der Waals surface area contributed by atoms with Crippen LogP contribution in [0.1, 0.15) is 6.92 Å². The van der Waals surface area contributed by atoms with Gasteiger partial charge in [-0.05, 0) is 28.9 Å². The minimum atomic E-state index is 1.03. The fourth-order valence-corrected chi connectivity index (χ4v) is 1.78. The second kappa shape index (κ2) is 3.67. The van der Waals surface area contributed by atoms with Crippen LogP contribution in [0.5, 0.6) is 0 Å². The second-order valence-electron chi connectivity index (χ2n) is 1.96. The van der Waals surface area contributed by atoms with Crippen LogP contribution >= 0.6 is 38.5 Å². The van der Waals surface area contributed by atoms with Gasteiger partial charge in [-0.3, -0.25) is 0 Å². The summed E-state index contributed by atoms with van der Waals surface area (Å²) in [6.45, 7) is 3.16. The molecule has 0 amide bonds. The van der Waals surface area contributed by atoms with Gasteiger partial charge >= 0.3 is 0 Å². The Labute approximate surface area is 82.7 Å². The Kier molecular flexibility index (Phi) is 3.10. The zero-order chi connectivity index (χ0) is 7.56. The lowest BCUT2D eigenvalue weighted by Gasteiger charge is -1.93. The van der Waals surface area contributed by atoms with Crippen molar-refractivity contribution in [1.29, 1.82) is 0 Å². The molecule has 0 unspecified atom stereocenters. The fourth-order valence-electron chi connectivity index (χ4n) is 0.740. The van der Waals surface area contributed by atoms with Gasteiger partial charge in [-0.25, -0.2) is 0 Å². The van der Waals surface area contributed by atoms with Crippen LogP contribution < -0.4 is 4.57 Å². The van der Waals surface area contributed by atoms with E-state index in [1.54, 1.807) is 0 Å². The molecule has 0 aromatic carbocycles. The Morgan fingerprint density at radius 2 is 2.30 bits per heavy atom. The third kappa shape index (κ3) is 1.92. The van der Waals surface area contributed by atoms with Gasteiger partial charge in [0.15, 0.2) is 6.20 Å². The highest BCUT2D eigenvalue weighted by Gasteiger charge is 2.03. The summed E-state index contributed by atoms with van der Waals surface area (Å²) in [6, 6.07) is 4.14. The molecule has 0 bridgehead atoms. The molecular formula is C7H8BrIN+. The molecule has 0 atom stereocenters. The lowest BCUT2D eigenvalue weighted by Crippen LogP contribution is -2.35. The van der Waals surface area contributed by atoms with Gasteiger partial charge in [0.25, 0.3) is 0 Å². The Morgan fingerprint density at radius 1 is 1.60 bits per heavy atom. The molecule has 0 aliphatic rings. The fraction of sp³-hybridized carbons (Fsp3) is 0.286. The molecule has 0 radical (unpaired) electrons. The SMILES string of the molecule is CC[n+]1cc(Br)ccc1I. The molecule has 0 saturated heterocycles. The number of halogens is 2. The Bertz CT molecular complexity index is 237. The number of pyridine rings is 1. The van der Waals surface area contributed by atoms with Gasteiger partial charge in [0.05, 0.1) is 4.47 Å². The zero-order valence-electron chi connectivity index (χ0n) is 5.64. The molecule has 1 nitrogen and oxygen atoms in total. The van der Waals surface area contributed by atoms with Crippen LogP contribution in [0.3, 0.4) is 0 Å². The molecule has 1 rings (SSSR count). The summed E-state index contributed by atoms with van der Waals surface area (Å²) in [5.41, 5.74) is 0. The number of rotatable bonds is 1. The zero-order valence-corrected chi connectivity index (χ0v) is 9.39. The smallest absolute Gasteiger partial charge is 0.193 e. The van der Waals surface area contributed by atoms with Crippen molar-refractivity contribution in [2.75, 3.05) is 0 Å². The van der Waals surface area contributed by atoms with Gasteiger partial charge in [-0.15, -0.1) is 0 Å². The van der Waals surface area contributed by atoms with Crippen molar-refractivity contribution in [3.63, 3.8) is 0 Å². The van der Waals surface area contributed by atoms with Crippen LogP contribution in [0, 0.1) is 3.70 Å².